The van der Waals surface area contributed by atoms with Gasteiger partial charge in [0.05, 0.1) is 24.7 Å². The van der Waals surface area contributed by atoms with Crippen molar-refractivity contribution in [1.82, 2.24) is 16.0 Å². The number of rotatable bonds is 31. The summed E-state index contributed by atoms with van der Waals surface area (Å²) in [5.74, 6) is -3.76. The fourth-order valence-corrected chi connectivity index (χ4v) is 13.8. The number of carbonyl (C=O) groups excluding carboxylic acids is 7. The fraction of sp³-hybridized carbons (Fsp3) is 0.714. The van der Waals surface area contributed by atoms with Crippen LogP contribution in [0, 0.1) is 52.3 Å². The highest BCUT2D eigenvalue weighted by molar-refractivity contribution is 5.89. The van der Waals surface area contributed by atoms with Gasteiger partial charge in [-0.25, -0.2) is 0 Å². The van der Waals surface area contributed by atoms with Gasteiger partial charge in [0.1, 0.15) is 31.9 Å². The molecule has 81 heavy (non-hydrogen) atoms. The fourth-order valence-electron chi connectivity index (χ4n) is 13.8. The van der Waals surface area contributed by atoms with Gasteiger partial charge >= 0.3 is 17.9 Å². The molecule has 1 aromatic rings. The highest BCUT2D eigenvalue weighted by atomic mass is 16.6. The summed E-state index contributed by atoms with van der Waals surface area (Å²) in [5, 5.41) is 8.03. The lowest BCUT2D eigenvalue weighted by molar-refractivity contribution is -0.210. The third-order valence-electron chi connectivity index (χ3n) is 17.9. The monoisotopic (exact) mass is 1140 g/mol. The summed E-state index contributed by atoms with van der Waals surface area (Å²) >= 11 is 0. The molecule has 14 atom stereocenters. The van der Waals surface area contributed by atoms with Crippen LogP contribution in [0.4, 0.5) is 0 Å². The molecule has 0 bridgehead atoms. The number of ketones is 1. The lowest BCUT2D eigenvalue weighted by Crippen LogP contribution is -2.62. The number of guanidine groups is 3. The molecule has 0 heterocycles. The van der Waals surface area contributed by atoms with Crippen LogP contribution < -0.4 is 67.6 Å². The number of carbonyl (C=O) groups is 7. The number of hydrogen-bond acceptors (Lipinski definition) is 16. The minimum Gasteiger partial charge on any atom is -0.461 e. The molecule has 452 valence electrons. The molecule has 0 unspecified atom stereocenters. The Labute approximate surface area is 476 Å². The first kappa shape index (κ1) is 65.2. The van der Waals surface area contributed by atoms with Crippen LogP contribution in [0.2, 0.25) is 0 Å². The highest BCUT2D eigenvalue weighted by Crippen LogP contribution is 2.70. The summed E-state index contributed by atoms with van der Waals surface area (Å²) in [6, 6.07) is 6.80. The molecule has 4 saturated carbocycles. The summed E-state index contributed by atoms with van der Waals surface area (Å²) in [7, 11) is 0. The number of esters is 3. The summed E-state index contributed by atoms with van der Waals surface area (Å²) in [4.78, 5) is 106. The molecule has 0 radical (unpaired) electrons. The molecule has 4 aliphatic rings. The van der Waals surface area contributed by atoms with Crippen molar-refractivity contribution in [3.05, 3.63) is 35.9 Å². The summed E-state index contributed by atoms with van der Waals surface area (Å²) in [6.07, 6.45) is 6.34. The summed E-state index contributed by atoms with van der Waals surface area (Å²) in [5.41, 5.74) is 50.9. The maximum Gasteiger partial charge on any atom is 0.325 e. The van der Waals surface area contributed by atoms with Crippen LogP contribution in [0.5, 0.6) is 0 Å². The quantitative estimate of drug-likeness (QED) is 0.0152. The predicted octanol–water partition coefficient (Wildman–Crippen LogP) is -0.0849. The Kier molecular flexibility index (Phi) is 25.0. The number of benzene rings is 1. The summed E-state index contributed by atoms with van der Waals surface area (Å²) < 4.78 is 18.4. The van der Waals surface area contributed by atoms with Crippen molar-refractivity contribution in [1.29, 1.82) is 0 Å². The van der Waals surface area contributed by atoms with E-state index in [0.717, 1.165) is 18.4 Å². The number of aliphatic imine (C=N–C) groups is 3. The van der Waals surface area contributed by atoms with Gasteiger partial charge < -0.3 is 81.8 Å². The average Bonchev–Trinajstić information content (AvgIpc) is 4.07. The third-order valence-corrected chi connectivity index (χ3v) is 17.9. The SMILES string of the molecule is C[C@H](CCC(=O)OCc1ccccc1)[C@H]1CC[C@H]2[C@@H]3[C@H](CC(=O)CNC(=O)[C@@H](N)CCCN=C(N)N)C[C@@H]4C[C@H](OC(=O)CNC(=O)[C@@H](N)CCCN=C(N)N)CC[C@]4(C)[C@H]3C[C@H](OC(=O)CNC(=O)[C@@H](N)CCCN=C(N)N)[C@]12C. The van der Waals surface area contributed by atoms with Crippen LogP contribution in [0.25, 0.3) is 0 Å². The van der Waals surface area contributed by atoms with Crippen molar-refractivity contribution in [2.24, 2.45) is 119 Å². The standard InChI is InChI=1S/C56H93N15O10/c1-32(15-18-45(73)79-31-33-10-5-4-6-11-33)38-16-17-39-48-34(25-36(72)28-69-49(76)41(57)12-7-21-66-52(60)61)24-35-26-37(80-46(74)29-70-50(77)42(58)13-8-22-67-53(62)63)19-20-55(35,2)40(48)27-44(56(38,39)3)81-47(75)30-71-51(78)43(59)14-9-23-68-54(64)65/h4-6,10-11,32,34-35,37-44,48H,7-9,12-31,57-59H2,1-3H3,(H,69,76)(H,70,77)(H,71,78)(H4,60,61,66)(H4,62,63,67)(H4,64,65,68)/t32-,34+,35-,37-,38-,39+,40+,41+,42+,43+,44+,48+,55+,56-/m1/s1. The normalized spacial score (nSPS) is 26.9. The first-order chi connectivity index (χ1) is 38.4. The van der Waals surface area contributed by atoms with Crippen LogP contribution in [0.1, 0.15) is 129 Å². The van der Waals surface area contributed by atoms with Gasteiger partial charge in [0.25, 0.3) is 0 Å². The second-order valence-electron chi connectivity index (χ2n) is 23.4. The molecule has 5 rings (SSSR count). The van der Waals surface area contributed by atoms with Crippen LogP contribution >= 0.6 is 0 Å². The number of Topliss-reactive ketones (excluding diaryl/α,β-unsaturated/α-hetero) is 1. The first-order valence-corrected chi connectivity index (χ1v) is 28.8. The van der Waals surface area contributed by atoms with E-state index in [4.69, 9.17) is 65.8 Å². The zero-order chi connectivity index (χ0) is 59.4. The largest absolute Gasteiger partial charge is 0.461 e. The molecule has 0 saturated heterocycles. The lowest BCUT2D eigenvalue weighted by atomic mass is 9.41. The minimum atomic E-state index is -0.917. The number of nitrogens with one attached hydrogen (secondary N) is 3. The van der Waals surface area contributed by atoms with Crippen molar-refractivity contribution in [2.45, 2.75) is 160 Å². The Hall–Kier alpha value is -6.60. The average molecular weight is 1140 g/mol. The molecule has 0 spiro atoms. The Balaban J connectivity index is 1.39. The number of nitrogens with zero attached hydrogens (tertiary/aromatic N) is 3. The first-order valence-electron chi connectivity index (χ1n) is 28.8. The molecule has 4 fully saturated rings. The molecule has 25 heteroatoms. The van der Waals surface area contributed by atoms with E-state index in [-0.39, 0.29) is 115 Å². The Morgan fingerprint density at radius 2 is 1.15 bits per heavy atom. The molecule has 3 amide bonds. The van der Waals surface area contributed by atoms with Gasteiger partial charge in [0.2, 0.25) is 17.7 Å². The van der Waals surface area contributed by atoms with E-state index < -0.39 is 72.0 Å². The van der Waals surface area contributed by atoms with Gasteiger partial charge in [0, 0.05) is 37.9 Å². The number of amides is 3. The van der Waals surface area contributed by atoms with E-state index in [9.17, 15) is 33.6 Å². The van der Waals surface area contributed by atoms with Crippen LogP contribution in [-0.4, -0.2) is 129 Å². The Morgan fingerprint density at radius 3 is 1.68 bits per heavy atom. The molecule has 21 N–H and O–H groups in total. The van der Waals surface area contributed by atoms with Crippen molar-refractivity contribution < 1.29 is 47.8 Å². The second kappa shape index (κ2) is 31.0. The number of fused-ring (bicyclic) bond motifs is 5. The van der Waals surface area contributed by atoms with Crippen molar-refractivity contribution >= 4 is 59.3 Å². The van der Waals surface area contributed by atoms with E-state index >= 15 is 0 Å². The van der Waals surface area contributed by atoms with Crippen LogP contribution in [0.15, 0.2) is 45.3 Å². The van der Waals surface area contributed by atoms with E-state index in [1.165, 1.54) is 0 Å². The summed E-state index contributed by atoms with van der Waals surface area (Å²) in [6.45, 7) is 6.64. The zero-order valence-electron chi connectivity index (χ0n) is 47.7. The van der Waals surface area contributed by atoms with Crippen LogP contribution in [-0.2, 0) is 54.4 Å². The van der Waals surface area contributed by atoms with E-state index in [0.29, 0.717) is 90.3 Å². The van der Waals surface area contributed by atoms with Crippen molar-refractivity contribution in [3.8, 4) is 0 Å². The van der Waals surface area contributed by atoms with Gasteiger partial charge in [-0.15, -0.1) is 0 Å². The van der Waals surface area contributed by atoms with Gasteiger partial charge in [-0.1, -0.05) is 51.1 Å². The van der Waals surface area contributed by atoms with Gasteiger partial charge in [0.15, 0.2) is 23.7 Å². The topological polar surface area (TPSA) is 455 Å². The minimum absolute atomic E-state index is 0.00820. The van der Waals surface area contributed by atoms with E-state index in [1.807, 2.05) is 30.3 Å². The third kappa shape index (κ3) is 19.0. The van der Waals surface area contributed by atoms with E-state index in [1.54, 1.807) is 0 Å². The molecule has 4 aliphatic carbocycles. The van der Waals surface area contributed by atoms with Crippen LogP contribution in [0.3, 0.4) is 0 Å². The zero-order valence-corrected chi connectivity index (χ0v) is 47.7. The smallest absolute Gasteiger partial charge is 0.325 e. The van der Waals surface area contributed by atoms with Crippen molar-refractivity contribution in [2.75, 3.05) is 39.3 Å². The van der Waals surface area contributed by atoms with Gasteiger partial charge in [-0.2, -0.15) is 0 Å². The second-order valence-corrected chi connectivity index (χ2v) is 23.4. The molecular weight excluding hydrogens is 1040 g/mol. The number of hydrogen-bond donors (Lipinski definition) is 12. The maximum absolute atomic E-state index is 14.3. The molecule has 25 nitrogen and oxygen atoms in total. The predicted molar refractivity (Wildman–Crippen MR) is 306 cm³/mol. The molecule has 1 aromatic carbocycles. The Bertz CT molecular complexity index is 2380. The molecular formula is C56H93N15O10. The molecule has 0 aromatic heterocycles. The maximum atomic E-state index is 14.3. The van der Waals surface area contributed by atoms with Gasteiger partial charge in [-0.3, -0.25) is 48.5 Å². The van der Waals surface area contributed by atoms with E-state index in [2.05, 4.69) is 51.7 Å². The van der Waals surface area contributed by atoms with Crippen molar-refractivity contribution in [3.63, 3.8) is 0 Å². The number of ether oxygens (including phenoxy) is 3. The molecule has 0 aliphatic heterocycles. The number of nitrogens with two attached hydrogens (primary N) is 9. The highest BCUT2D eigenvalue weighted by Gasteiger charge is 2.67. The lowest BCUT2D eigenvalue weighted by Gasteiger charge is -2.65. The Morgan fingerprint density at radius 1 is 0.630 bits per heavy atom. The van der Waals surface area contributed by atoms with Gasteiger partial charge in [-0.05, 0) is 142 Å².